The van der Waals surface area contributed by atoms with Crippen molar-refractivity contribution in [2.24, 2.45) is 0 Å². The molecule has 5 rings (SSSR count). The van der Waals surface area contributed by atoms with E-state index in [-0.39, 0.29) is 24.1 Å². The summed E-state index contributed by atoms with van der Waals surface area (Å²) in [5, 5.41) is 6.02. The molecule has 0 aromatic heterocycles. The molecule has 1 unspecified atom stereocenters. The number of carbonyl (C=O) groups excluding carboxylic acids is 3. The number of nitrogens with zero attached hydrogens (tertiary/aromatic N) is 2. The number of piperidine rings is 2. The van der Waals surface area contributed by atoms with Crippen LogP contribution in [0.25, 0.3) is 0 Å². The predicted molar refractivity (Wildman–Crippen MR) is 121 cm³/mol. The fraction of sp³-hybridized carbons (Fsp3) is 0.400. The molecule has 3 amide bonds. The molecule has 7 heteroatoms. The Hall–Kier alpha value is -3.19. The van der Waals surface area contributed by atoms with E-state index < -0.39 is 6.04 Å². The quantitative estimate of drug-likeness (QED) is 0.708. The van der Waals surface area contributed by atoms with E-state index in [0.29, 0.717) is 24.6 Å². The number of benzene rings is 2. The Kier molecular flexibility index (Phi) is 5.66. The minimum absolute atomic E-state index is 0.123. The van der Waals surface area contributed by atoms with Crippen LogP contribution in [0.2, 0.25) is 0 Å². The molecule has 32 heavy (non-hydrogen) atoms. The molecule has 7 nitrogen and oxygen atoms in total. The topological polar surface area (TPSA) is 81.8 Å². The average molecular weight is 433 g/mol. The molecule has 166 valence electrons. The standard InChI is InChI=1S/C25H28N4O3/c30-23-9-8-22(24(31)27-23)29-16-18-14-17(6-7-21(18)25(29)32)15-26-19-10-12-28(13-11-19)20-4-2-1-3-5-20/h1-7,14,19,22,26H,8-13,15-16H2,(H,27,30,31). The van der Waals surface area contributed by atoms with E-state index in [1.165, 1.54) is 5.69 Å². The van der Waals surface area contributed by atoms with Gasteiger partial charge in [-0.1, -0.05) is 30.3 Å². The molecular weight excluding hydrogens is 404 g/mol. The van der Waals surface area contributed by atoms with E-state index in [4.69, 9.17) is 0 Å². The highest BCUT2D eigenvalue weighted by molar-refractivity contribution is 6.05. The van der Waals surface area contributed by atoms with Crippen LogP contribution in [0.5, 0.6) is 0 Å². The molecule has 2 aromatic carbocycles. The number of imide groups is 1. The van der Waals surface area contributed by atoms with Gasteiger partial charge in [0, 0.05) is 49.9 Å². The van der Waals surface area contributed by atoms with Gasteiger partial charge in [0.05, 0.1) is 0 Å². The van der Waals surface area contributed by atoms with Crippen molar-refractivity contribution < 1.29 is 14.4 Å². The van der Waals surface area contributed by atoms with Crippen LogP contribution in [0.3, 0.4) is 0 Å². The molecular formula is C25H28N4O3. The summed E-state index contributed by atoms with van der Waals surface area (Å²) in [4.78, 5) is 40.5. The Morgan fingerprint density at radius 3 is 2.50 bits per heavy atom. The molecule has 2 aromatic rings. The molecule has 3 aliphatic heterocycles. The van der Waals surface area contributed by atoms with Crippen LogP contribution in [0, 0.1) is 0 Å². The summed E-state index contributed by atoms with van der Waals surface area (Å²) < 4.78 is 0. The zero-order chi connectivity index (χ0) is 22.1. The zero-order valence-corrected chi connectivity index (χ0v) is 18.0. The zero-order valence-electron chi connectivity index (χ0n) is 18.0. The van der Waals surface area contributed by atoms with Crippen molar-refractivity contribution in [2.45, 2.75) is 50.9 Å². The first-order valence-electron chi connectivity index (χ1n) is 11.4. The van der Waals surface area contributed by atoms with Gasteiger partial charge in [-0.05, 0) is 48.6 Å². The van der Waals surface area contributed by atoms with Gasteiger partial charge in [-0.25, -0.2) is 0 Å². The van der Waals surface area contributed by atoms with Crippen LogP contribution in [-0.4, -0.2) is 47.8 Å². The van der Waals surface area contributed by atoms with Crippen molar-refractivity contribution in [1.29, 1.82) is 0 Å². The molecule has 3 heterocycles. The van der Waals surface area contributed by atoms with Crippen molar-refractivity contribution in [3.05, 3.63) is 65.2 Å². The largest absolute Gasteiger partial charge is 0.371 e. The maximum Gasteiger partial charge on any atom is 0.255 e. The summed E-state index contributed by atoms with van der Waals surface area (Å²) in [7, 11) is 0. The van der Waals surface area contributed by atoms with Crippen LogP contribution in [0.4, 0.5) is 5.69 Å². The summed E-state index contributed by atoms with van der Waals surface area (Å²) in [5.41, 5.74) is 4.05. The monoisotopic (exact) mass is 432 g/mol. The lowest BCUT2D eigenvalue weighted by Gasteiger charge is -2.34. The van der Waals surface area contributed by atoms with Gasteiger partial charge in [-0.3, -0.25) is 19.7 Å². The number of fused-ring (bicyclic) bond motifs is 1. The second-order valence-electron chi connectivity index (χ2n) is 8.87. The highest BCUT2D eigenvalue weighted by Crippen LogP contribution is 2.28. The van der Waals surface area contributed by atoms with Gasteiger partial charge >= 0.3 is 0 Å². The van der Waals surface area contributed by atoms with E-state index in [9.17, 15) is 14.4 Å². The van der Waals surface area contributed by atoms with E-state index in [1.807, 2.05) is 18.2 Å². The molecule has 0 spiro atoms. The Morgan fingerprint density at radius 2 is 1.75 bits per heavy atom. The average Bonchev–Trinajstić information content (AvgIpc) is 3.14. The minimum atomic E-state index is -0.566. The highest BCUT2D eigenvalue weighted by atomic mass is 16.2. The normalized spacial score (nSPS) is 21.6. The van der Waals surface area contributed by atoms with E-state index in [1.54, 1.807) is 4.90 Å². The number of hydrogen-bond donors (Lipinski definition) is 2. The van der Waals surface area contributed by atoms with Gasteiger partial charge in [0.15, 0.2) is 0 Å². The third-order valence-corrected chi connectivity index (χ3v) is 6.80. The Morgan fingerprint density at radius 1 is 0.969 bits per heavy atom. The summed E-state index contributed by atoms with van der Waals surface area (Å²) in [6.07, 6.45) is 2.86. The molecule has 2 saturated heterocycles. The Labute approximate surface area is 187 Å². The van der Waals surface area contributed by atoms with Crippen molar-refractivity contribution in [3.63, 3.8) is 0 Å². The first-order valence-corrected chi connectivity index (χ1v) is 11.4. The maximum absolute atomic E-state index is 12.8. The van der Waals surface area contributed by atoms with Gasteiger partial charge in [0.25, 0.3) is 5.91 Å². The summed E-state index contributed by atoms with van der Waals surface area (Å²) in [6.45, 7) is 3.27. The molecule has 2 N–H and O–H groups in total. The van der Waals surface area contributed by atoms with Crippen LogP contribution in [0.1, 0.15) is 47.2 Å². The van der Waals surface area contributed by atoms with Crippen LogP contribution in [-0.2, 0) is 22.7 Å². The lowest BCUT2D eigenvalue weighted by Crippen LogP contribution is -2.52. The highest BCUT2D eigenvalue weighted by Gasteiger charge is 2.39. The second-order valence-corrected chi connectivity index (χ2v) is 8.87. The number of hydrogen-bond acceptors (Lipinski definition) is 5. The second kappa shape index (κ2) is 8.74. The van der Waals surface area contributed by atoms with Crippen molar-refractivity contribution in [2.75, 3.05) is 18.0 Å². The van der Waals surface area contributed by atoms with Gasteiger partial charge in [0.1, 0.15) is 6.04 Å². The van der Waals surface area contributed by atoms with Crippen LogP contribution >= 0.6 is 0 Å². The first kappa shape index (κ1) is 20.7. The third kappa shape index (κ3) is 4.12. The molecule has 2 fully saturated rings. The summed E-state index contributed by atoms with van der Waals surface area (Å²) in [5.74, 6) is -0.758. The number of nitrogens with one attached hydrogen (secondary N) is 2. The molecule has 3 aliphatic rings. The van der Waals surface area contributed by atoms with Gasteiger partial charge in [-0.2, -0.15) is 0 Å². The number of para-hydroxylation sites is 1. The molecule has 0 bridgehead atoms. The van der Waals surface area contributed by atoms with E-state index in [2.05, 4.69) is 45.9 Å². The summed E-state index contributed by atoms with van der Waals surface area (Å²) in [6, 6.07) is 16.4. The molecule has 0 aliphatic carbocycles. The SMILES string of the molecule is O=C1CCC(N2Cc3cc(CNC4CCN(c5ccccc5)CC4)ccc3C2=O)C(=O)N1. The third-order valence-electron chi connectivity index (χ3n) is 6.80. The fourth-order valence-electron chi connectivity index (χ4n) is 4.98. The smallest absolute Gasteiger partial charge is 0.255 e. The minimum Gasteiger partial charge on any atom is -0.371 e. The Balaban J connectivity index is 1.16. The number of carbonyl (C=O) groups is 3. The van der Waals surface area contributed by atoms with Gasteiger partial charge < -0.3 is 15.1 Å². The number of amides is 3. The maximum atomic E-state index is 12.8. The van der Waals surface area contributed by atoms with Crippen LogP contribution < -0.4 is 15.5 Å². The van der Waals surface area contributed by atoms with Crippen LogP contribution in [0.15, 0.2) is 48.5 Å². The van der Waals surface area contributed by atoms with E-state index in [0.717, 1.165) is 43.6 Å². The fourth-order valence-corrected chi connectivity index (χ4v) is 4.98. The van der Waals surface area contributed by atoms with Crippen molar-refractivity contribution in [1.82, 2.24) is 15.5 Å². The van der Waals surface area contributed by atoms with Crippen molar-refractivity contribution in [3.8, 4) is 0 Å². The summed E-state index contributed by atoms with van der Waals surface area (Å²) >= 11 is 0. The first-order chi connectivity index (χ1) is 15.6. The van der Waals surface area contributed by atoms with E-state index >= 15 is 0 Å². The van der Waals surface area contributed by atoms with Gasteiger partial charge in [-0.15, -0.1) is 0 Å². The predicted octanol–water partition coefficient (Wildman–Crippen LogP) is 2.21. The Bertz CT molecular complexity index is 1030. The van der Waals surface area contributed by atoms with Gasteiger partial charge in [0.2, 0.25) is 11.8 Å². The molecule has 0 saturated carbocycles. The lowest BCUT2D eigenvalue weighted by molar-refractivity contribution is -0.136. The number of anilines is 1. The molecule has 0 radical (unpaired) electrons. The lowest BCUT2D eigenvalue weighted by atomic mass is 10.0. The number of rotatable bonds is 5. The van der Waals surface area contributed by atoms with Crippen molar-refractivity contribution >= 4 is 23.4 Å². The molecule has 1 atom stereocenters.